The number of furan rings is 1. The van der Waals surface area contributed by atoms with Gasteiger partial charge >= 0.3 is 0 Å². The molecule has 0 aliphatic heterocycles. The zero-order valence-corrected chi connectivity index (χ0v) is 16.5. The summed E-state index contributed by atoms with van der Waals surface area (Å²) in [6.45, 7) is 0.511. The average Bonchev–Trinajstić information content (AvgIpc) is 3.43. The third-order valence-corrected chi connectivity index (χ3v) is 5.32. The third kappa shape index (κ3) is 4.31. The molecule has 150 valence electrons. The Balaban J connectivity index is 1.57. The largest absolute Gasteiger partial charge is 0.461 e. The highest BCUT2D eigenvalue weighted by Gasteiger charge is 2.19. The molecular formula is C21H16N4O4S. The molecule has 0 aliphatic carbocycles. The molecule has 9 heteroatoms. The van der Waals surface area contributed by atoms with Gasteiger partial charge in [-0.05, 0) is 17.7 Å². The highest BCUT2D eigenvalue weighted by Crippen LogP contribution is 2.26. The van der Waals surface area contributed by atoms with Crippen molar-refractivity contribution in [1.82, 2.24) is 14.8 Å². The Morgan fingerprint density at radius 1 is 1.07 bits per heavy atom. The number of rotatable bonds is 8. The van der Waals surface area contributed by atoms with E-state index in [0.29, 0.717) is 23.3 Å². The van der Waals surface area contributed by atoms with Gasteiger partial charge in [0, 0.05) is 17.7 Å². The number of hydrogen-bond acceptors (Lipinski definition) is 7. The second kappa shape index (κ2) is 8.75. The average molecular weight is 420 g/mol. The van der Waals surface area contributed by atoms with Gasteiger partial charge in [-0.3, -0.25) is 19.5 Å². The normalized spacial score (nSPS) is 10.8. The lowest BCUT2D eigenvalue weighted by Crippen LogP contribution is -2.07. The van der Waals surface area contributed by atoms with Crippen LogP contribution in [0.3, 0.4) is 0 Å². The summed E-state index contributed by atoms with van der Waals surface area (Å²) in [6, 6.07) is 19.1. The van der Waals surface area contributed by atoms with Gasteiger partial charge in [0.15, 0.2) is 16.7 Å². The number of nitro groups is 1. The van der Waals surface area contributed by atoms with Gasteiger partial charge in [-0.25, -0.2) is 0 Å². The van der Waals surface area contributed by atoms with Crippen molar-refractivity contribution in [1.29, 1.82) is 0 Å². The summed E-state index contributed by atoms with van der Waals surface area (Å²) in [5.41, 5.74) is 1.23. The Kier molecular flexibility index (Phi) is 5.71. The predicted molar refractivity (Wildman–Crippen MR) is 111 cm³/mol. The Bertz CT molecular complexity index is 1170. The minimum absolute atomic E-state index is 0.0756. The second-order valence-corrected chi connectivity index (χ2v) is 7.32. The summed E-state index contributed by atoms with van der Waals surface area (Å²) >= 11 is 1.23. The molecule has 0 spiro atoms. The van der Waals surface area contributed by atoms with Gasteiger partial charge in [0.05, 0.1) is 23.5 Å². The van der Waals surface area contributed by atoms with E-state index in [0.717, 1.165) is 5.56 Å². The number of carbonyl (C=O) groups is 1. The first kappa shape index (κ1) is 19.6. The third-order valence-electron chi connectivity index (χ3n) is 4.35. The van der Waals surface area contributed by atoms with Crippen molar-refractivity contribution in [2.24, 2.45) is 0 Å². The van der Waals surface area contributed by atoms with Crippen molar-refractivity contribution in [2.75, 3.05) is 5.75 Å². The highest BCUT2D eigenvalue weighted by atomic mass is 32.2. The number of Topliss-reactive ketones (excluding diaryl/α,β-unsaturated/α-hetero) is 1. The summed E-state index contributed by atoms with van der Waals surface area (Å²) in [4.78, 5) is 23.0. The monoisotopic (exact) mass is 420 g/mol. The van der Waals surface area contributed by atoms with Gasteiger partial charge in [-0.15, -0.1) is 10.2 Å². The van der Waals surface area contributed by atoms with Crippen molar-refractivity contribution in [3.8, 4) is 11.6 Å². The van der Waals surface area contributed by atoms with E-state index in [1.165, 1.54) is 30.0 Å². The smallest absolute Gasteiger partial charge is 0.270 e. The first-order valence-electron chi connectivity index (χ1n) is 9.03. The van der Waals surface area contributed by atoms with Crippen LogP contribution in [0.5, 0.6) is 0 Å². The molecule has 0 atom stereocenters. The van der Waals surface area contributed by atoms with E-state index in [4.69, 9.17) is 4.42 Å². The second-order valence-electron chi connectivity index (χ2n) is 6.37. The molecule has 2 aromatic heterocycles. The highest BCUT2D eigenvalue weighted by molar-refractivity contribution is 7.99. The van der Waals surface area contributed by atoms with Crippen LogP contribution in [-0.2, 0) is 6.54 Å². The van der Waals surface area contributed by atoms with E-state index in [2.05, 4.69) is 10.2 Å². The Hall–Kier alpha value is -3.72. The van der Waals surface area contributed by atoms with Gasteiger partial charge in [-0.1, -0.05) is 54.2 Å². The summed E-state index contributed by atoms with van der Waals surface area (Å²) in [5.74, 6) is 0.994. The van der Waals surface area contributed by atoms with Gasteiger partial charge in [0.2, 0.25) is 5.82 Å². The van der Waals surface area contributed by atoms with Gasteiger partial charge < -0.3 is 4.42 Å². The van der Waals surface area contributed by atoms with Crippen LogP contribution >= 0.6 is 11.8 Å². The van der Waals surface area contributed by atoms with Crippen LogP contribution in [0.15, 0.2) is 82.6 Å². The zero-order chi connectivity index (χ0) is 20.9. The van der Waals surface area contributed by atoms with E-state index in [-0.39, 0.29) is 22.8 Å². The number of benzene rings is 2. The summed E-state index contributed by atoms with van der Waals surface area (Å²) < 4.78 is 7.37. The van der Waals surface area contributed by atoms with Crippen molar-refractivity contribution in [2.45, 2.75) is 11.7 Å². The van der Waals surface area contributed by atoms with E-state index in [1.54, 1.807) is 24.5 Å². The van der Waals surface area contributed by atoms with Crippen molar-refractivity contribution < 1.29 is 14.1 Å². The van der Waals surface area contributed by atoms with E-state index in [1.807, 2.05) is 34.9 Å². The topological polar surface area (TPSA) is 104 Å². The van der Waals surface area contributed by atoms with Crippen molar-refractivity contribution in [3.63, 3.8) is 0 Å². The van der Waals surface area contributed by atoms with Gasteiger partial charge in [0.25, 0.3) is 5.69 Å². The Morgan fingerprint density at radius 3 is 2.63 bits per heavy atom. The molecule has 4 aromatic rings. The number of nitrogens with zero attached hydrogens (tertiary/aromatic N) is 4. The van der Waals surface area contributed by atoms with Crippen LogP contribution in [0.25, 0.3) is 11.6 Å². The van der Waals surface area contributed by atoms with Crippen molar-refractivity contribution in [3.05, 3.63) is 94.2 Å². The maximum absolute atomic E-state index is 12.6. The van der Waals surface area contributed by atoms with Gasteiger partial charge in [0.1, 0.15) is 0 Å². The number of hydrogen-bond donors (Lipinski definition) is 0. The molecule has 0 bridgehead atoms. The molecule has 0 N–H and O–H groups in total. The first-order chi connectivity index (χ1) is 14.6. The van der Waals surface area contributed by atoms with Crippen LogP contribution in [0.4, 0.5) is 5.69 Å². The first-order valence-corrected chi connectivity index (χ1v) is 10.0. The minimum Gasteiger partial charge on any atom is -0.461 e. The molecule has 30 heavy (non-hydrogen) atoms. The van der Waals surface area contributed by atoms with E-state index < -0.39 is 4.92 Å². The standard InChI is InChI=1S/C21H16N4O4S/c26-18(16-8-4-9-17(12-16)25(27)28)14-30-21-23-22-20(19-10-5-11-29-19)24(21)13-15-6-2-1-3-7-15/h1-12H,13-14H2. The predicted octanol–water partition coefficient (Wildman–Crippen LogP) is 4.47. The molecule has 0 unspecified atom stereocenters. The number of nitro benzene ring substituents is 1. The summed E-state index contributed by atoms with van der Waals surface area (Å²) in [7, 11) is 0. The van der Waals surface area contributed by atoms with Crippen LogP contribution in [0.2, 0.25) is 0 Å². The Labute approximate surface area is 175 Å². The maximum Gasteiger partial charge on any atom is 0.270 e. The minimum atomic E-state index is -0.518. The molecular weight excluding hydrogens is 404 g/mol. The lowest BCUT2D eigenvalue weighted by atomic mass is 10.1. The fraction of sp³-hybridized carbons (Fsp3) is 0.0952. The molecule has 4 rings (SSSR count). The van der Waals surface area contributed by atoms with Crippen LogP contribution in [-0.4, -0.2) is 31.2 Å². The molecule has 0 saturated carbocycles. The molecule has 0 radical (unpaired) electrons. The molecule has 2 heterocycles. The Morgan fingerprint density at radius 2 is 1.90 bits per heavy atom. The van der Waals surface area contributed by atoms with E-state index in [9.17, 15) is 14.9 Å². The molecule has 2 aromatic carbocycles. The summed E-state index contributed by atoms with van der Waals surface area (Å²) in [6.07, 6.45) is 1.57. The number of aromatic nitrogens is 3. The zero-order valence-electron chi connectivity index (χ0n) is 15.7. The van der Waals surface area contributed by atoms with Gasteiger partial charge in [-0.2, -0.15) is 0 Å². The quantitative estimate of drug-likeness (QED) is 0.179. The maximum atomic E-state index is 12.6. The molecule has 0 aliphatic rings. The molecule has 0 amide bonds. The van der Waals surface area contributed by atoms with E-state index >= 15 is 0 Å². The summed E-state index contributed by atoms with van der Waals surface area (Å²) in [5, 5.41) is 20.0. The molecule has 0 fully saturated rings. The molecule has 8 nitrogen and oxygen atoms in total. The van der Waals surface area contributed by atoms with Crippen LogP contribution in [0, 0.1) is 10.1 Å². The SMILES string of the molecule is O=C(CSc1nnc(-c2ccco2)n1Cc1ccccc1)c1cccc([N+](=O)[O-])c1. The number of ketones is 1. The van der Waals surface area contributed by atoms with Crippen molar-refractivity contribution >= 4 is 23.2 Å². The number of non-ortho nitro benzene ring substituents is 1. The number of thioether (sulfide) groups is 1. The lowest BCUT2D eigenvalue weighted by molar-refractivity contribution is -0.384. The van der Waals surface area contributed by atoms with Crippen LogP contribution < -0.4 is 0 Å². The number of carbonyl (C=O) groups excluding carboxylic acids is 1. The lowest BCUT2D eigenvalue weighted by Gasteiger charge is -2.09. The van der Waals surface area contributed by atoms with Crippen LogP contribution in [0.1, 0.15) is 15.9 Å². The fourth-order valence-electron chi connectivity index (χ4n) is 2.90. The molecule has 0 saturated heterocycles. The fourth-order valence-corrected chi connectivity index (χ4v) is 3.73.